The number of hydrogen-bond acceptors (Lipinski definition) is 4. The molecule has 0 aliphatic carbocycles. The first kappa shape index (κ1) is 9.88. The molecule has 0 radical (unpaired) electrons. The lowest BCUT2D eigenvalue weighted by molar-refractivity contribution is 0.403. The molecule has 2 N–H and O–H groups in total. The van der Waals surface area contributed by atoms with Crippen LogP contribution in [0.25, 0.3) is 0 Å². The lowest BCUT2D eigenvalue weighted by Crippen LogP contribution is -1.97. The Kier molecular flexibility index (Phi) is 2.93. The molecule has 0 amide bonds. The predicted octanol–water partition coefficient (Wildman–Crippen LogP) is 1.30. The number of nitrogens with zero attached hydrogens (tertiary/aromatic N) is 2. The Morgan fingerprint density at radius 1 is 1.14 bits per heavy atom. The first-order valence-corrected chi connectivity index (χ1v) is 3.97. The van der Waals surface area contributed by atoms with Crippen molar-refractivity contribution in [1.82, 2.24) is 0 Å². The molecule has 1 aromatic carbocycles. The summed E-state index contributed by atoms with van der Waals surface area (Å²) in [5.41, 5.74) is 0.647. The van der Waals surface area contributed by atoms with E-state index in [0.29, 0.717) is 5.56 Å². The van der Waals surface area contributed by atoms with Crippen LogP contribution in [0, 0.1) is 28.6 Å². The van der Waals surface area contributed by atoms with Gasteiger partial charge in [0.2, 0.25) is 0 Å². The molecule has 0 saturated heterocycles. The van der Waals surface area contributed by atoms with Crippen molar-refractivity contribution in [3.63, 3.8) is 0 Å². The third-order valence-electron chi connectivity index (χ3n) is 1.79. The second-order valence-electron chi connectivity index (χ2n) is 2.84. The van der Waals surface area contributed by atoms with Crippen molar-refractivity contribution < 1.29 is 10.2 Å². The smallest absolute Gasteiger partial charge is 0.157 e. The molecule has 0 aliphatic heterocycles. The zero-order valence-corrected chi connectivity index (χ0v) is 7.31. The van der Waals surface area contributed by atoms with Gasteiger partial charge in [0.05, 0.1) is 12.1 Å². The molecule has 0 spiro atoms. The van der Waals surface area contributed by atoms with Crippen molar-refractivity contribution in [2.45, 2.75) is 6.42 Å². The third-order valence-corrected chi connectivity index (χ3v) is 1.79. The molecular weight excluding hydrogens is 180 g/mol. The van der Waals surface area contributed by atoms with Crippen molar-refractivity contribution in [2.75, 3.05) is 0 Å². The summed E-state index contributed by atoms with van der Waals surface area (Å²) in [5.74, 6) is -1.17. The summed E-state index contributed by atoms with van der Waals surface area (Å²) < 4.78 is 0. The van der Waals surface area contributed by atoms with Gasteiger partial charge in [-0.1, -0.05) is 6.07 Å². The van der Waals surface area contributed by atoms with Gasteiger partial charge in [-0.2, -0.15) is 10.5 Å². The minimum atomic E-state index is -0.723. The maximum absolute atomic E-state index is 9.14. The van der Waals surface area contributed by atoms with E-state index in [1.165, 1.54) is 12.1 Å². The van der Waals surface area contributed by atoms with Crippen molar-refractivity contribution in [3.05, 3.63) is 23.8 Å². The highest BCUT2D eigenvalue weighted by atomic mass is 16.3. The summed E-state index contributed by atoms with van der Waals surface area (Å²) in [4.78, 5) is 0. The van der Waals surface area contributed by atoms with Crippen LogP contribution in [0.1, 0.15) is 5.56 Å². The summed E-state index contributed by atoms with van der Waals surface area (Å²) in [5, 5.41) is 35.2. The largest absolute Gasteiger partial charge is 0.504 e. The Morgan fingerprint density at radius 3 is 2.29 bits per heavy atom. The monoisotopic (exact) mass is 188 g/mol. The van der Waals surface area contributed by atoms with E-state index in [2.05, 4.69) is 0 Å². The highest BCUT2D eigenvalue weighted by Gasteiger charge is 2.08. The van der Waals surface area contributed by atoms with E-state index in [4.69, 9.17) is 20.7 Å². The van der Waals surface area contributed by atoms with Gasteiger partial charge in [0.25, 0.3) is 0 Å². The molecular formula is C10H8N2O2. The van der Waals surface area contributed by atoms with E-state index in [1.54, 1.807) is 6.07 Å². The van der Waals surface area contributed by atoms with E-state index in [-0.39, 0.29) is 17.9 Å². The van der Waals surface area contributed by atoms with Crippen LogP contribution in [0.4, 0.5) is 0 Å². The quantitative estimate of drug-likeness (QED) is 0.684. The number of rotatable bonds is 2. The molecule has 70 valence electrons. The van der Waals surface area contributed by atoms with Crippen LogP contribution in [-0.2, 0) is 6.42 Å². The third kappa shape index (κ3) is 2.15. The lowest BCUT2D eigenvalue weighted by atomic mass is 10.0. The zero-order valence-electron chi connectivity index (χ0n) is 7.31. The van der Waals surface area contributed by atoms with Gasteiger partial charge < -0.3 is 10.2 Å². The van der Waals surface area contributed by atoms with Crippen LogP contribution in [0.15, 0.2) is 18.2 Å². The fourth-order valence-corrected chi connectivity index (χ4v) is 1.05. The topological polar surface area (TPSA) is 88.0 Å². The molecule has 0 bridgehead atoms. The Morgan fingerprint density at radius 2 is 1.79 bits per heavy atom. The second-order valence-corrected chi connectivity index (χ2v) is 2.84. The highest BCUT2D eigenvalue weighted by molar-refractivity contribution is 5.41. The summed E-state index contributed by atoms with van der Waals surface area (Å²) >= 11 is 0. The summed E-state index contributed by atoms with van der Waals surface area (Å²) in [7, 11) is 0. The molecule has 4 heteroatoms. The van der Waals surface area contributed by atoms with Gasteiger partial charge >= 0.3 is 0 Å². The van der Waals surface area contributed by atoms with E-state index >= 15 is 0 Å². The van der Waals surface area contributed by atoms with E-state index < -0.39 is 5.92 Å². The molecule has 1 aromatic rings. The van der Waals surface area contributed by atoms with Crippen LogP contribution in [0.3, 0.4) is 0 Å². The molecule has 0 fully saturated rings. The Labute approximate surface area is 81.3 Å². The zero-order chi connectivity index (χ0) is 10.6. The highest BCUT2D eigenvalue weighted by Crippen LogP contribution is 2.25. The SMILES string of the molecule is N#CC(C#N)Cc1ccc(O)c(O)c1. The first-order chi connectivity index (χ1) is 6.67. The molecule has 0 unspecified atom stereocenters. The van der Waals surface area contributed by atoms with E-state index in [9.17, 15) is 0 Å². The number of nitriles is 2. The van der Waals surface area contributed by atoms with E-state index in [1.807, 2.05) is 12.1 Å². The maximum atomic E-state index is 9.14. The van der Waals surface area contributed by atoms with Crippen LogP contribution in [-0.4, -0.2) is 10.2 Å². The Balaban J connectivity index is 2.85. The average Bonchev–Trinajstić information content (AvgIpc) is 2.19. The van der Waals surface area contributed by atoms with Crippen molar-refractivity contribution in [3.8, 4) is 23.6 Å². The molecule has 1 rings (SSSR count). The standard InChI is InChI=1S/C10H8N2O2/c11-5-8(6-12)3-7-1-2-9(13)10(14)4-7/h1-2,4,8,13-14H,3H2. The molecule has 14 heavy (non-hydrogen) atoms. The molecule has 0 aromatic heterocycles. The normalized spacial score (nSPS) is 9.36. The van der Waals surface area contributed by atoms with Gasteiger partial charge in [0.15, 0.2) is 11.5 Å². The lowest BCUT2D eigenvalue weighted by Gasteiger charge is -2.02. The first-order valence-electron chi connectivity index (χ1n) is 3.97. The van der Waals surface area contributed by atoms with Gasteiger partial charge in [-0.05, 0) is 17.7 Å². The average molecular weight is 188 g/mol. The van der Waals surface area contributed by atoms with Gasteiger partial charge in [-0.15, -0.1) is 0 Å². The Bertz CT molecular complexity index is 401. The summed E-state index contributed by atoms with van der Waals surface area (Å²) in [6.45, 7) is 0. The predicted molar refractivity (Wildman–Crippen MR) is 48.2 cm³/mol. The van der Waals surface area contributed by atoms with Crippen molar-refractivity contribution >= 4 is 0 Å². The van der Waals surface area contributed by atoms with Crippen LogP contribution >= 0.6 is 0 Å². The molecule has 0 atom stereocenters. The van der Waals surface area contributed by atoms with Crippen LogP contribution in [0.5, 0.6) is 11.5 Å². The minimum Gasteiger partial charge on any atom is -0.504 e. The van der Waals surface area contributed by atoms with Crippen molar-refractivity contribution in [1.29, 1.82) is 10.5 Å². The summed E-state index contributed by atoms with van der Waals surface area (Å²) in [6.07, 6.45) is 0.251. The number of hydrogen-bond donors (Lipinski definition) is 2. The van der Waals surface area contributed by atoms with Gasteiger partial charge in [-0.25, -0.2) is 0 Å². The second kappa shape index (κ2) is 4.15. The molecule has 0 saturated carbocycles. The van der Waals surface area contributed by atoms with Crippen LogP contribution in [0.2, 0.25) is 0 Å². The fraction of sp³-hybridized carbons (Fsp3) is 0.200. The number of benzene rings is 1. The van der Waals surface area contributed by atoms with Crippen molar-refractivity contribution in [2.24, 2.45) is 5.92 Å². The van der Waals surface area contributed by atoms with Gasteiger partial charge in [0, 0.05) is 6.42 Å². The number of phenols is 2. The molecule has 0 heterocycles. The van der Waals surface area contributed by atoms with Crippen LogP contribution < -0.4 is 0 Å². The minimum absolute atomic E-state index is 0.209. The summed E-state index contributed by atoms with van der Waals surface area (Å²) in [6, 6.07) is 7.90. The maximum Gasteiger partial charge on any atom is 0.157 e. The number of phenolic OH excluding ortho intramolecular Hbond substituents is 2. The van der Waals surface area contributed by atoms with Gasteiger partial charge in [-0.3, -0.25) is 0 Å². The fourth-order valence-electron chi connectivity index (χ4n) is 1.05. The molecule has 4 nitrogen and oxygen atoms in total. The van der Waals surface area contributed by atoms with E-state index in [0.717, 1.165) is 0 Å². The molecule has 0 aliphatic rings. The van der Waals surface area contributed by atoms with Gasteiger partial charge in [0.1, 0.15) is 5.92 Å². The Hall–Kier alpha value is -2.20. The number of aromatic hydroxyl groups is 2.